The van der Waals surface area contributed by atoms with Gasteiger partial charge in [-0.2, -0.15) is 5.10 Å². The number of benzene rings is 1. The molecule has 4 aromatic rings. The summed E-state index contributed by atoms with van der Waals surface area (Å²) in [5.74, 6) is 1.59. The number of pyridine rings is 1. The first-order chi connectivity index (χ1) is 17.3. The van der Waals surface area contributed by atoms with Gasteiger partial charge in [0.1, 0.15) is 11.3 Å². The molecule has 0 bridgehead atoms. The minimum Gasteiger partial charge on any atom is -0.378 e. The first-order valence-corrected chi connectivity index (χ1v) is 12.4. The molecule has 36 heavy (non-hydrogen) atoms. The molecule has 1 fully saturated rings. The van der Waals surface area contributed by atoms with Crippen molar-refractivity contribution in [3.63, 3.8) is 0 Å². The van der Waals surface area contributed by atoms with E-state index < -0.39 is 0 Å². The van der Waals surface area contributed by atoms with Crippen molar-refractivity contribution < 1.29 is 9.53 Å². The van der Waals surface area contributed by atoms with Gasteiger partial charge in [0, 0.05) is 44.9 Å². The van der Waals surface area contributed by atoms with Crippen LogP contribution in [0.25, 0.3) is 28.2 Å². The number of amides is 1. The second kappa shape index (κ2) is 9.73. The molecule has 1 aromatic carbocycles. The predicted molar refractivity (Wildman–Crippen MR) is 140 cm³/mol. The molecule has 1 saturated heterocycles. The van der Waals surface area contributed by atoms with Gasteiger partial charge in [0.05, 0.1) is 30.6 Å². The van der Waals surface area contributed by atoms with Crippen LogP contribution in [0, 0.1) is 12.8 Å². The number of hydrogen-bond donors (Lipinski definition) is 1. The number of aryl methyl sites for hydroxylation is 2. The van der Waals surface area contributed by atoms with Crippen LogP contribution < -0.4 is 10.2 Å². The maximum absolute atomic E-state index is 12.0. The second-order valence-corrected chi connectivity index (χ2v) is 9.74. The van der Waals surface area contributed by atoms with Crippen LogP contribution in [0.15, 0.2) is 42.6 Å². The average Bonchev–Trinajstić information content (AvgIpc) is 3.48. The number of morpholine rings is 1. The number of carbonyl (C=O) groups is 1. The molecule has 1 amide bonds. The highest BCUT2D eigenvalue weighted by molar-refractivity contribution is 5.88. The number of carbonyl (C=O) groups excluding carboxylic acids is 1. The van der Waals surface area contributed by atoms with Crippen LogP contribution in [-0.4, -0.2) is 56.5 Å². The van der Waals surface area contributed by atoms with Gasteiger partial charge < -0.3 is 19.5 Å². The van der Waals surface area contributed by atoms with Gasteiger partial charge in [-0.1, -0.05) is 37.6 Å². The molecule has 1 aliphatic rings. The van der Waals surface area contributed by atoms with E-state index >= 15 is 0 Å². The summed E-state index contributed by atoms with van der Waals surface area (Å²) in [7, 11) is 1.96. The zero-order chi connectivity index (χ0) is 25.4. The van der Waals surface area contributed by atoms with E-state index in [-0.39, 0.29) is 17.9 Å². The van der Waals surface area contributed by atoms with Gasteiger partial charge in [-0.25, -0.2) is 14.6 Å². The lowest BCUT2D eigenvalue weighted by atomic mass is 10.0. The summed E-state index contributed by atoms with van der Waals surface area (Å²) in [6.45, 7) is 10.7. The molecule has 5 rings (SSSR count). The number of imidazole rings is 1. The maximum Gasteiger partial charge on any atom is 0.217 e. The molecule has 0 spiro atoms. The fourth-order valence-electron chi connectivity index (χ4n) is 4.74. The third kappa shape index (κ3) is 4.58. The lowest BCUT2D eigenvalue weighted by molar-refractivity contribution is -0.120. The molecule has 0 aliphatic carbocycles. The Morgan fingerprint density at radius 1 is 1.11 bits per heavy atom. The van der Waals surface area contributed by atoms with E-state index in [9.17, 15) is 4.79 Å². The molecule has 9 nitrogen and oxygen atoms in total. The third-order valence-electron chi connectivity index (χ3n) is 6.62. The van der Waals surface area contributed by atoms with E-state index in [1.54, 1.807) is 0 Å². The summed E-state index contributed by atoms with van der Waals surface area (Å²) < 4.78 is 9.42. The zero-order valence-electron chi connectivity index (χ0n) is 21.5. The summed E-state index contributed by atoms with van der Waals surface area (Å²) >= 11 is 0. The minimum atomic E-state index is -0.222. The Morgan fingerprint density at radius 3 is 2.58 bits per heavy atom. The number of anilines is 1. The third-order valence-corrected chi connectivity index (χ3v) is 6.62. The highest BCUT2D eigenvalue weighted by atomic mass is 16.5. The Balaban J connectivity index is 1.65. The molecule has 3 aromatic heterocycles. The fraction of sp³-hybridized carbons (Fsp3) is 0.407. The summed E-state index contributed by atoms with van der Waals surface area (Å²) in [5.41, 5.74) is 5.73. The topological polar surface area (TPSA) is 90.1 Å². The van der Waals surface area contributed by atoms with Gasteiger partial charge in [-0.15, -0.1) is 0 Å². The zero-order valence-corrected chi connectivity index (χ0v) is 21.5. The van der Waals surface area contributed by atoms with Crippen LogP contribution in [0.4, 0.5) is 5.69 Å². The quantitative estimate of drug-likeness (QED) is 0.445. The van der Waals surface area contributed by atoms with Crippen LogP contribution in [0.2, 0.25) is 0 Å². The van der Waals surface area contributed by atoms with E-state index in [0.29, 0.717) is 13.2 Å². The Morgan fingerprint density at radius 2 is 1.89 bits per heavy atom. The molecule has 188 valence electrons. The molecule has 4 heterocycles. The smallest absolute Gasteiger partial charge is 0.217 e. The van der Waals surface area contributed by atoms with Crippen LogP contribution >= 0.6 is 0 Å². The second-order valence-electron chi connectivity index (χ2n) is 9.74. The summed E-state index contributed by atoms with van der Waals surface area (Å²) in [5, 5.41) is 7.92. The van der Waals surface area contributed by atoms with Gasteiger partial charge in [-0.3, -0.25) is 4.79 Å². The predicted octanol–water partition coefficient (Wildman–Crippen LogP) is 3.80. The number of ether oxygens (including phenoxy) is 1. The number of rotatable bonds is 6. The fourth-order valence-corrected chi connectivity index (χ4v) is 4.74. The van der Waals surface area contributed by atoms with Gasteiger partial charge in [-0.05, 0) is 25.0 Å². The van der Waals surface area contributed by atoms with Crippen LogP contribution in [0.1, 0.15) is 38.2 Å². The summed E-state index contributed by atoms with van der Waals surface area (Å²) in [6, 6.07) is 12.2. The van der Waals surface area contributed by atoms with Crippen LogP contribution in [0.3, 0.4) is 0 Å². The lowest BCUT2D eigenvalue weighted by Crippen LogP contribution is -2.36. The molecule has 9 heteroatoms. The number of nitrogens with zero attached hydrogens (tertiary/aromatic N) is 6. The van der Waals surface area contributed by atoms with Crippen molar-refractivity contribution in [2.75, 3.05) is 31.2 Å². The number of fused-ring (bicyclic) bond motifs is 1. The monoisotopic (exact) mass is 487 g/mol. The number of nitrogens with one attached hydrogen (secondary N) is 1. The minimum absolute atomic E-state index is 0.0805. The highest BCUT2D eigenvalue weighted by Crippen LogP contribution is 2.32. The number of aromatic nitrogens is 5. The SMILES string of the molecule is CC(=O)NC(c1nc2c(N3CCOCC3)cc(-n3ccc(-c4cccc(C)c4)n3)nc2n1C)C(C)C. The Labute approximate surface area is 211 Å². The van der Waals surface area contributed by atoms with Crippen LogP contribution in [0.5, 0.6) is 0 Å². The van der Waals surface area contributed by atoms with Crippen molar-refractivity contribution in [1.29, 1.82) is 0 Å². The van der Waals surface area contributed by atoms with Crippen LogP contribution in [-0.2, 0) is 16.6 Å². The summed E-state index contributed by atoms with van der Waals surface area (Å²) in [4.78, 5) is 24.3. The molecule has 1 aliphatic heterocycles. The van der Waals surface area contributed by atoms with E-state index in [4.69, 9.17) is 19.8 Å². The molecule has 1 N–H and O–H groups in total. The van der Waals surface area contributed by atoms with Gasteiger partial charge in [0.2, 0.25) is 5.91 Å². The Hall–Kier alpha value is -3.72. The molecule has 0 radical (unpaired) electrons. The van der Waals surface area contributed by atoms with Gasteiger partial charge in [0.15, 0.2) is 11.5 Å². The van der Waals surface area contributed by atoms with Gasteiger partial charge in [0.25, 0.3) is 0 Å². The van der Waals surface area contributed by atoms with Crippen molar-refractivity contribution in [1.82, 2.24) is 29.6 Å². The first kappa shape index (κ1) is 24.0. The molecular formula is C27H33N7O2. The lowest BCUT2D eigenvalue weighted by Gasteiger charge is -2.29. The largest absolute Gasteiger partial charge is 0.378 e. The standard InChI is InChI=1S/C27H33N7O2/c1-17(2)24(28-19(4)35)26-30-25-22(33-11-13-36-14-12-33)16-23(29-27(25)32(26)5)34-10-9-21(31-34)20-8-6-7-18(3)15-20/h6-10,15-17,24H,11-14H2,1-5H3,(H,28,35). The van der Waals surface area contributed by atoms with Crippen molar-refractivity contribution >= 4 is 22.8 Å². The van der Waals surface area contributed by atoms with E-state index in [2.05, 4.69) is 55.3 Å². The molecule has 1 atom stereocenters. The van der Waals surface area contributed by atoms with Crippen molar-refractivity contribution in [3.8, 4) is 17.1 Å². The van der Waals surface area contributed by atoms with Crippen molar-refractivity contribution in [2.24, 2.45) is 13.0 Å². The maximum atomic E-state index is 12.0. The Bertz CT molecular complexity index is 1400. The van der Waals surface area contributed by atoms with Gasteiger partial charge >= 0.3 is 0 Å². The first-order valence-electron chi connectivity index (χ1n) is 12.4. The van der Waals surface area contributed by atoms with Crippen molar-refractivity contribution in [3.05, 3.63) is 54.0 Å². The van der Waals surface area contributed by atoms with E-state index in [1.165, 1.54) is 12.5 Å². The van der Waals surface area contributed by atoms with Crippen molar-refractivity contribution in [2.45, 2.75) is 33.7 Å². The number of hydrogen-bond acceptors (Lipinski definition) is 6. The normalized spacial score (nSPS) is 15.0. The average molecular weight is 488 g/mol. The highest BCUT2D eigenvalue weighted by Gasteiger charge is 2.27. The molecular weight excluding hydrogens is 454 g/mol. The Kier molecular flexibility index (Phi) is 6.49. The van der Waals surface area contributed by atoms with E-state index in [1.807, 2.05) is 34.6 Å². The summed E-state index contributed by atoms with van der Waals surface area (Å²) in [6.07, 6.45) is 1.94. The van der Waals surface area contributed by atoms with E-state index in [0.717, 1.165) is 52.8 Å². The molecule has 1 unspecified atom stereocenters. The molecule has 0 saturated carbocycles.